The third kappa shape index (κ3) is 1.51. The van der Waals surface area contributed by atoms with Gasteiger partial charge in [-0.05, 0) is 0 Å². The van der Waals surface area contributed by atoms with Gasteiger partial charge >= 0.3 is 0 Å². The van der Waals surface area contributed by atoms with Crippen LogP contribution in [-0.4, -0.2) is 31.1 Å². The van der Waals surface area contributed by atoms with E-state index in [4.69, 9.17) is 9.47 Å². The van der Waals surface area contributed by atoms with Crippen LogP contribution in [0.1, 0.15) is 19.3 Å². The van der Waals surface area contributed by atoms with E-state index < -0.39 is 11.7 Å². The molecule has 1 saturated carbocycles. The van der Waals surface area contributed by atoms with Gasteiger partial charge in [-0.25, -0.2) is 0 Å². The maximum absolute atomic E-state index is 11.2. The Balaban J connectivity index is 2.09. The lowest BCUT2D eigenvalue weighted by molar-refractivity contribution is -0.188. The van der Waals surface area contributed by atoms with E-state index in [2.05, 4.69) is 0 Å². The van der Waals surface area contributed by atoms with Crippen molar-refractivity contribution in [2.75, 3.05) is 13.2 Å². The Morgan fingerprint density at radius 2 is 2.08 bits per heavy atom. The summed E-state index contributed by atoms with van der Waals surface area (Å²) in [4.78, 5) is 21.8. The molecule has 2 fully saturated rings. The molecule has 1 aliphatic carbocycles. The fourth-order valence-corrected chi connectivity index (χ4v) is 1.93. The lowest BCUT2D eigenvalue weighted by atomic mass is 9.84. The highest BCUT2D eigenvalue weighted by molar-refractivity contribution is 5.94. The van der Waals surface area contributed by atoms with Gasteiger partial charge in [-0.15, -0.1) is 0 Å². The molecule has 0 radical (unpaired) electrons. The first-order valence-corrected chi connectivity index (χ1v) is 4.52. The van der Waals surface area contributed by atoms with E-state index in [-0.39, 0.29) is 5.78 Å². The average molecular weight is 184 g/mol. The molecule has 0 bridgehead atoms. The Hall–Kier alpha value is -0.740. The molecule has 13 heavy (non-hydrogen) atoms. The van der Waals surface area contributed by atoms with Crippen molar-refractivity contribution in [3.8, 4) is 0 Å². The molecule has 1 saturated heterocycles. The second-order valence-electron chi connectivity index (χ2n) is 3.52. The normalized spacial score (nSPS) is 32.3. The lowest BCUT2D eigenvalue weighted by Crippen LogP contribution is -2.41. The Morgan fingerprint density at radius 3 is 2.69 bits per heavy atom. The number of carbonyl (C=O) groups is 2. The Morgan fingerprint density at radius 1 is 1.38 bits per heavy atom. The predicted molar refractivity (Wildman–Crippen MR) is 43.0 cm³/mol. The molecule has 2 aliphatic rings. The van der Waals surface area contributed by atoms with E-state index in [0.29, 0.717) is 38.8 Å². The lowest BCUT2D eigenvalue weighted by Gasteiger charge is -2.33. The smallest absolute Gasteiger partial charge is 0.170 e. The highest BCUT2D eigenvalue weighted by Gasteiger charge is 2.44. The summed E-state index contributed by atoms with van der Waals surface area (Å²) in [6.45, 7) is 1.14. The molecule has 0 amide bonds. The molecule has 0 aromatic rings. The number of Topliss-reactive ketones (excluding diaryl/α,β-unsaturated/α-hetero) is 1. The van der Waals surface area contributed by atoms with Gasteiger partial charge < -0.3 is 14.3 Å². The standard InChI is InChI=1S/C9H12O4/c10-6-7-5-9(2-1-8(7)11)12-3-4-13-9/h6-7H,1-5H2. The zero-order valence-corrected chi connectivity index (χ0v) is 7.32. The van der Waals surface area contributed by atoms with Crippen LogP contribution in [0.4, 0.5) is 0 Å². The molecule has 72 valence electrons. The third-order valence-corrected chi connectivity index (χ3v) is 2.67. The van der Waals surface area contributed by atoms with Crippen LogP contribution >= 0.6 is 0 Å². The zero-order chi connectivity index (χ0) is 9.31. The molecular formula is C9H12O4. The molecule has 0 N–H and O–H groups in total. The number of hydrogen-bond donors (Lipinski definition) is 0. The maximum Gasteiger partial charge on any atom is 0.170 e. The van der Waals surface area contributed by atoms with Crippen LogP contribution in [0, 0.1) is 5.92 Å². The van der Waals surface area contributed by atoms with Crippen molar-refractivity contribution in [3.05, 3.63) is 0 Å². The first kappa shape index (κ1) is 8.84. The summed E-state index contributed by atoms with van der Waals surface area (Å²) in [5, 5.41) is 0. The van der Waals surface area contributed by atoms with Gasteiger partial charge in [0.25, 0.3) is 0 Å². The molecule has 4 nitrogen and oxygen atoms in total. The minimum atomic E-state index is -0.626. The van der Waals surface area contributed by atoms with E-state index in [9.17, 15) is 9.59 Å². The largest absolute Gasteiger partial charge is 0.347 e. The number of hydrogen-bond acceptors (Lipinski definition) is 4. The van der Waals surface area contributed by atoms with Gasteiger partial charge in [-0.1, -0.05) is 0 Å². The van der Waals surface area contributed by atoms with Crippen LogP contribution in [-0.2, 0) is 19.1 Å². The van der Waals surface area contributed by atoms with Crippen LogP contribution in [0.2, 0.25) is 0 Å². The van der Waals surface area contributed by atoms with Crippen molar-refractivity contribution in [1.29, 1.82) is 0 Å². The SMILES string of the molecule is O=CC1CC2(CCC1=O)OCCO2. The number of rotatable bonds is 1. The van der Waals surface area contributed by atoms with E-state index in [1.807, 2.05) is 0 Å². The first-order chi connectivity index (χ1) is 6.26. The molecule has 0 aromatic heterocycles. The number of ether oxygens (including phenoxy) is 2. The average Bonchev–Trinajstić information content (AvgIpc) is 2.59. The maximum atomic E-state index is 11.2. The third-order valence-electron chi connectivity index (χ3n) is 2.67. The van der Waals surface area contributed by atoms with Crippen molar-refractivity contribution >= 4 is 12.1 Å². The minimum absolute atomic E-state index is 0.0136. The molecular weight excluding hydrogens is 172 g/mol. The summed E-state index contributed by atoms with van der Waals surface area (Å²) >= 11 is 0. The van der Waals surface area contributed by atoms with Crippen LogP contribution in [0.25, 0.3) is 0 Å². The summed E-state index contributed by atoms with van der Waals surface area (Å²) in [5.74, 6) is -1.13. The van der Waals surface area contributed by atoms with E-state index >= 15 is 0 Å². The van der Waals surface area contributed by atoms with Crippen molar-refractivity contribution in [1.82, 2.24) is 0 Å². The van der Waals surface area contributed by atoms with Crippen LogP contribution in [0.5, 0.6) is 0 Å². The van der Waals surface area contributed by atoms with Gasteiger partial charge in [0.2, 0.25) is 0 Å². The summed E-state index contributed by atoms with van der Waals surface area (Å²) in [6.07, 6.45) is 2.09. The monoisotopic (exact) mass is 184 g/mol. The van der Waals surface area contributed by atoms with Gasteiger partial charge in [0.05, 0.1) is 19.1 Å². The van der Waals surface area contributed by atoms with Crippen LogP contribution in [0.15, 0.2) is 0 Å². The fourth-order valence-electron chi connectivity index (χ4n) is 1.93. The minimum Gasteiger partial charge on any atom is -0.347 e. The van der Waals surface area contributed by atoms with Crippen molar-refractivity contribution in [2.24, 2.45) is 5.92 Å². The Labute approximate surface area is 76.2 Å². The number of aldehydes is 1. The Kier molecular flexibility index (Phi) is 2.17. The molecule has 0 aromatic carbocycles. The summed E-state index contributed by atoms with van der Waals surface area (Å²) in [7, 11) is 0. The van der Waals surface area contributed by atoms with Crippen molar-refractivity contribution < 1.29 is 19.1 Å². The Bertz CT molecular complexity index is 230. The quantitative estimate of drug-likeness (QED) is 0.434. The zero-order valence-electron chi connectivity index (χ0n) is 7.32. The second kappa shape index (κ2) is 3.20. The highest BCUT2D eigenvalue weighted by atomic mass is 16.7. The first-order valence-electron chi connectivity index (χ1n) is 4.52. The van der Waals surface area contributed by atoms with E-state index in [1.165, 1.54) is 0 Å². The molecule has 1 atom stereocenters. The van der Waals surface area contributed by atoms with Gasteiger partial charge in [-0.2, -0.15) is 0 Å². The van der Waals surface area contributed by atoms with Gasteiger partial charge in [0.1, 0.15) is 12.1 Å². The van der Waals surface area contributed by atoms with Crippen LogP contribution < -0.4 is 0 Å². The molecule has 1 unspecified atom stereocenters. The number of carbonyl (C=O) groups excluding carboxylic acids is 2. The fraction of sp³-hybridized carbons (Fsp3) is 0.778. The topological polar surface area (TPSA) is 52.6 Å². The molecule has 1 heterocycles. The molecule has 2 rings (SSSR count). The number of ketones is 1. The van der Waals surface area contributed by atoms with Gasteiger partial charge in [-0.3, -0.25) is 4.79 Å². The molecule has 4 heteroatoms. The molecule has 1 aliphatic heterocycles. The highest BCUT2D eigenvalue weighted by Crippen LogP contribution is 2.36. The van der Waals surface area contributed by atoms with Crippen LogP contribution in [0.3, 0.4) is 0 Å². The van der Waals surface area contributed by atoms with Crippen molar-refractivity contribution in [2.45, 2.75) is 25.0 Å². The summed E-state index contributed by atoms with van der Waals surface area (Å²) in [5.41, 5.74) is 0. The second-order valence-corrected chi connectivity index (χ2v) is 3.52. The van der Waals surface area contributed by atoms with Gasteiger partial charge in [0.15, 0.2) is 5.79 Å². The van der Waals surface area contributed by atoms with Gasteiger partial charge in [0, 0.05) is 19.3 Å². The van der Waals surface area contributed by atoms with Crippen molar-refractivity contribution in [3.63, 3.8) is 0 Å². The summed E-state index contributed by atoms with van der Waals surface area (Å²) < 4.78 is 10.9. The van der Waals surface area contributed by atoms with E-state index in [1.54, 1.807) is 0 Å². The summed E-state index contributed by atoms with van der Waals surface area (Å²) in [6, 6.07) is 0. The predicted octanol–water partition coefficient (Wildman–Crippen LogP) is 0.298. The molecule has 1 spiro atoms. The van der Waals surface area contributed by atoms with E-state index in [0.717, 1.165) is 0 Å².